The molecule has 6 aromatic carbocycles. The van der Waals surface area contributed by atoms with Crippen molar-refractivity contribution in [2.75, 3.05) is 0 Å². The molecule has 1 heterocycles. The predicted octanol–water partition coefficient (Wildman–Crippen LogP) is 18.4. The van der Waals surface area contributed by atoms with E-state index >= 15 is 0 Å². The minimum absolute atomic E-state index is 0.110. The molecule has 4 atom stereocenters. The fourth-order valence-corrected chi connectivity index (χ4v) is 40.4. The number of benzene rings is 6. The number of alkyl halides is 12. The van der Waals surface area contributed by atoms with Crippen LogP contribution < -0.4 is 13.6 Å². The van der Waals surface area contributed by atoms with Gasteiger partial charge in [-0.2, -0.15) is 0 Å². The van der Waals surface area contributed by atoms with Crippen LogP contribution in [0.1, 0.15) is 143 Å². The van der Waals surface area contributed by atoms with E-state index in [1.54, 1.807) is 12.1 Å². The molecule has 16 heteroatoms. The Kier molecular flexibility index (Phi) is 14.4. The molecule has 0 N–H and O–H groups in total. The van der Waals surface area contributed by atoms with Crippen molar-refractivity contribution in [1.29, 1.82) is 0 Å². The second kappa shape index (κ2) is 19.5. The fourth-order valence-electron chi connectivity index (χ4n) is 12.4. The van der Waals surface area contributed by atoms with Crippen molar-refractivity contribution in [3.05, 3.63) is 170 Å². The van der Waals surface area contributed by atoms with Gasteiger partial charge in [0.1, 0.15) is 0 Å². The van der Waals surface area contributed by atoms with Gasteiger partial charge in [-0.1, -0.05) is 0 Å². The van der Waals surface area contributed by atoms with E-state index < -0.39 is 92.0 Å². The van der Waals surface area contributed by atoms with Crippen LogP contribution >= 0.6 is 17.0 Å². The predicted molar refractivity (Wildman–Crippen MR) is 283 cm³/mol. The average molecular weight is 1190 g/mol. The molecule has 0 fully saturated rings. The second-order valence-corrected chi connectivity index (χ2v) is 44.0. The maximum absolute atomic E-state index is 14.7. The average Bonchev–Trinajstić information content (AvgIpc) is 4.14. The van der Waals surface area contributed by atoms with Crippen molar-refractivity contribution < 1.29 is 69.1 Å². The molecule has 0 radical (unpaired) electrons. The Balaban J connectivity index is 1.45. The fraction of sp³-hybridized carbons (Fsp3) is 0.333. The van der Waals surface area contributed by atoms with Gasteiger partial charge in [0.25, 0.3) is 0 Å². The van der Waals surface area contributed by atoms with E-state index in [9.17, 15) is 69.7 Å². The molecule has 1 aliphatic heterocycles. The molecule has 6 aromatic rings. The Bertz CT molecular complexity index is 3140. The van der Waals surface area contributed by atoms with Gasteiger partial charge in [0.15, 0.2) is 0 Å². The summed E-state index contributed by atoms with van der Waals surface area (Å²) in [6, 6.07) is 24.3. The van der Waals surface area contributed by atoms with Crippen LogP contribution in [0, 0.1) is 11.8 Å². The molecule has 0 bridgehead atoms. The molecule has 0 aromatic heterocycles. The summed E-state index contributed by atoms with van der Waals surface area (Å²) >= 11 is -6.69. The van der Waals surface area contributed by atoms with Crippen molar-refractivity contribution in [1.82, 2.24) is 0 Å². The Morgan fingerprint density at radius 3 is 1.24 bits per heavy atom. The van der Waals surface area contributed by atoms with E-state index in [0.717, 1.165) is 56.9 Å². The molecular formula is C60H55Cl2F12SiZr. The summed E-state index contributed by atoms with van der Waals surface area (Å²) in [5.41, 5.74) is 0.0974. The van der Waals surface area contributed by atoms with Crippen LogP contribution in [0.2, 0.25) is 0 Å². The molecule has 76 heavy (non-hydrogen) atoms. The van der Waals surface area contributed by atoms with Gasteiger partial charge in [0, 0.05) is 0 Å². The summed E-state index contributed by atoms with van der Waals surface area (Å²) in [6.07, 6.45) is -15.8. The second-order valence-electron chi connectivity index (χ2n) is 21.6. The monoisotopic (exact) mass is 1190 g/mol. The van der Waals surface area contributed by atoms with Gasteiger partial charge >= 0.3 is 449 Å². The van der Waals surface area contributed by atoms with Crippen molar-refractivity contribution in [3.8, 4) is 33.4 Å². The van der Waals surface area contributed by atoms with E-state index in [0.29, 0.717) is 49.5 Å². The molecule has 4 unspecified atom stereocenters. The molecule has 0 spiro atoms. The molecular weight excluding hydrogens is 1140 g/mol. The third kappa shape index (κ3) is 9.42. The molecule has 401 valence electrons. The van der Waals surface area contributed by atoms with Gasteiger partial charge in [0.2, 0.25) is 0 Å². The summed E-state index contributed by atoms with van der Waals surface area (Å²) in [6.45, 7) is 15.1. The van der Waals surface area contributed by atoms with Gasteiger partial charge in [-0.15, -0.1) is 0 Å². The molecule has 0 amide bonds. The van der Waals surface area contributed by atoms with Gasteiger partial charge < -0.3 is 0 Å². The Hall–Kier alpha value is -4.36. The molecule has 0 saturated carbocycles. The number of fused-ring (bicyclic) bond motifs is 5. The molecule has 9 rings (SSSR count). The van der Waals surface area contributed by atoms with E-state index in [1.165, 1.54) is 0 Å². The van der Waals surface area contributed by atoms with E-state index in [2.05, 4.69) is 6.07 Å². The Morgan fingerprint density at radius 2 is 0.868 bits per heavy atom. The third-order valence-corrected chi connectivity index (χ3v) is 38.9. The van der Waals surface area contributed by atoms with E-state index in [-0.39, 0.29) is 46.2 Å². The van der Waals surface area contributed by atoms with Crippen molar-refractivity contribution in [2.45, 2.75) is 112 Å². The van der Waals surface area contributed by atoms with Crippen molar-refractivity contribution >= 4 is 52.3 Å². The number of halogens is 14. The zero-order valence-electron chi connectivity index (χ0n) is 42.8. The first-order chi connectivity index (χ1) is 35.3. The van der Waals surface area contributed by atoms with Crippen LogP contribution in [-0.4, -0.2) is 9.52 Å². The van der Waals surface area contributed by atoms with Crippen molar-refractivity contribution in [2.24, 2.45) is 11.8 Å². The van der Waals surface area contributed by atoms with Crippen LogP contribution in [0.25, 0.3) is 45.5 Å². The van der Waals surface area contributed by atoms with Crippen LogP contribution in [0.5, 0.6) is 0 Å². The van der Waals surface area contributed by atoms with Gasteiger partial charge in [-0.05, 0) is 0 Å². The molecule has 3 aliphatic rings. The van der Waals surface area contributed by atoms with Crippen LogP contribution in [0.3, 0.4) is 0 Å². The summed E-state index contributed by atoms with van der Waals surface area (Å²) in [7, 11) is 17.2. The quantitative estimate of drug-likeness (QED) is 0.0894. The van der Waals surface area contributed by atoms with E-state index in [4.69, 9.17) is 0 Å². The molecule has 0 saturated heterocycles. The maximum atomic E-state index is 14.7. The standard InChI is InChI=1S/2C24H23F6.C12H9Si.2ClH.Zr/c2*1-5-14(4)16-8-15-6-7-20(13(2)3)22(21(15)11-16)17-9-18(23(25,26)27)12-19(10-17)24(28,29)30;1-3-7-11-9(5-1)10-6-2-4-8-12(10)13-11;;;/h2*6-14H,5H2,1-4H3;1-7H,13H2;2*1H;/q;;;;;+2/p-2. The normalized spacial score (nSPS) is 18.3. The van der Waals surface area contributed by atoms with Gasteiger partial charge in [0.05, 0.1) is 0 Å². The van der Waals surface area contributed by atoms with Crippen LogP contribution in [0.4, 0.5) is 52.7 Å². The Morgan fingerprint density at radius 1 is 0.487 bits per heavy atom. The summed E-state index contributed by atoms with van der Waals surface area (Å²) in [5.74, 6) is -1.44. The summed E-state index contributed by atoms with van der Waals surface area (Å²) in [4.78, 5) is 0. The van der Waals surface area contributed by atoms with Crippen molar-refractivity contribution in [3.63, 3.8) is 0 Å². The zero-order chi connectivity index (χ0) is 55.6. The number of allylic oxidation sites excluding steroid dienone is 2. The van der Waals surface area contributed by atoms with Gasteiger partial charge in [-0.25, -0.2) is 0 Å². The minimum atomic E-state index is -6.69. The number of rotatable bonds is 11. The first-order valence-corrected chi connectivity index (χ1v) is 37.3. The number of hydrogen-bond acceptors (Lipinski definition) is 0. The molecule has 0 nitrogen and oxygen atoms in total. The zero-order valence-corrected chi connectivity index (χ0v) is 48.2. The van der Waals surface area contributed by atoms with Gasteiger partial charge in [-0.3, -0.25) is 0 Å². The first-order valence-electron chi connectivity index (χ1n) is 25.4. The number of hydrogen-bond donors (Lipinski definition) is 0. The summed E-state index contributed by atoms with van der Waals surface area (Å²) < 4.78 is 176. The van der Waals surface area contributed by atoms with Crippen LogP contribution in [-0.2, 0) is 41.1 Å². The third-order valence-electron chi connectivity index (χ3n) is 16.3. The SMILES string of the molecule is CCC(C)C1=Cc2c(ccc(C(C)C)c2-c2cc(C(F)(F)F)cc(C(F)(F)F)c2)[CH]1[Zr]([Cl])([Cl])([c]1cccc2c1[SiH2]c1ccccc1-2)[CH]1C(C(C)CC)=Cc2c1ccc(C(C)C)c2-c1cc(C(F)(F)F)cc(C(F)(F)F)c1. The first kappa shape index (κ1) is 56.4. The molecule has 2 aliphatic carbocycles. The van der Waals surface area contributed by atoms with E-state index in [1.807, 2.05) is 116 Å². The Labute approximate surface area is 445 Å². The summed E-state index contributed by atoms with van der Waals surface area (Å²) in [5, 5.41) is 2.11. The topological polar surface area (TPSA) is 0 Å². The van der Waals surface area contributed by atoms with Crippen LogP contribution in [0.15, 0.2) is 114 Å².